The van der Waals surface area contributed by atoms with Crippen LogP contribution >= 0.6 is 0 Å². The van der Waals surface area contributed by atoms with Crippen LogP contribution in [0.25, 0.3) is 152 Å². The highest BCUT2D eigenvalue weighted by Gasteiger charge is 2.51. The zero-order valence-corrected chi connectivity index (χ0v) is 61.7. The second-order valence-corrected chi connectivity index (χ2v) is 28.1. The summed E-state index contributed by atoms with van der Waals surface area (Å²) in [5.41, 5.74) is 20.9. The summed E-state index contributed by atoms with van der Waals surface area (Å²) in [6.45, 7) is 12.1. The fourth-order valence-electron chi connectivity index (χ4n) is 13.9. The summed E-state index contributed by atoms with van der Waals surface area (Å²) in [5.74, 6) is 6.65. The van der Waals surface area contributed by atoms with Crippen molar-refractivity contribution in [3.63, 3.8) is 0 Å². The smallest absolute Gasteiger partial charge is 0.399 e. The van der Waals surface area contributed by atoms with Crippen molar-refractivity contribution in [3.05, 3.63) is 357 Å². The summed E-state index contributed by atoms with van der Waals surface area (Å²) in [5, 5.41) is 0. The van der Waals surface area contributed by atoms with Gasteiger partial charge in [-0.3, -0.25) is 13.7 Å². The highest BCUT2D eigenvalue weighted by Crippen LogP contribution is 2.39. The summed E-state index contributed by atoms with van der Waals surface area (Å²) in [6, 6.07) is 118. The zero-order valence-electron chi connectivity index (χ0n) is 61.7. The van der Waals surface area contributed by atoms with Gasteiger partial charge in [0.1, 0.15) is 29.1 Å². The molecular weight excluding hydrogens is 1360 g/mol. The maximum absolute atomic E-state index is 6.19. The van der Waals surface area contributed by atoms with Gasteiger partial charge in [0, 0.05) is 56.0 Å². The summed E-state index contributed by atoms with van der Waals surface area (Å²) in [6.07, 6.45) is 0. The van der Waals surface area contributed by atoms with Crippen LogP contribution in [0, 0.1) is 13.8 Å². The predicted octanol–water partition coefficient (Wildman–Crippen LogP) is 22.0. The van der Waals surface area contributed by atoms with Crippen molar-refractivity contribution in [2.75, 3.05) is 0 Å². The number of nitrogens with zero attached hydrogens (tertiary/aromatic N) is 12. The first-order valence-electron chi connectivity index (χ1n) is 36.8. The molecule has 111 heavy (non-hydrogen) atoms. The largest absolute Gasteiger partial charge is 0.494 e. The number of hydrogen-bond donors (Lipinski definition) is 0. The van der Waals surface area contributed by atoms with Crippen LogP contribution in [0.15, 0.2) is 346 Å². The van der Waals surface area contributed by atoms with Gasteiger partial charge in [-0.25, -0.2) is 44.9 Å². The van der Waals surface area contributed by atoms with E-state index in [-0.39, 0.29) is 25.7 Å². The van der Waals surface area contributed by atoms with E-state index in [2.05, 4.69) is 341 Å². The van der Waals surface area contributed by atoms with Crippen molar-refractivity contribution in [1.29, 1.82) is 0 Å². The van der Waals surface area contributed by atoms with Crippen LogP contribution in [0.1, 0.15) is 46.8 Å². The molecule has 5 aromatic heterocycles. The Kier molecular flexibility index (Phi) is 19.9. The van der Waals surface area contributed by atoms with E-state index in [0.717, 1.165) is 141 Å². The summed E-state index contributed by atoms with van der Waals surface area (Å²) >= 11 is 0. The van der Waals surface area contributed by atoms with Crippen LogP contribution in [0.2, 0.25) is 0 Å². The van der Waals surface area contributed by atoms with Gasteiger partial charge in [0.25, 0.3) is 0 Å². The van der Waals surface area contributed by atoms with Crippen molar-refractivity contribution in [2.45, 2.75) is 60.2 Å². The lowest BCUT2D eigenvalue weighted by Crippen LogP contribution is -2.41. The van der Waals surface area contributed by atoms with E-state index in [4.69, 9.17) is 39.2 Å². The van der Waals surface area contributed by atoms with E-state index in [1.807, 2.05) is 74.5 Å². The van der Waals surface area contributed by atoms with Crippen molar-refractivity contribution < 1.29 is 9.31 Å². The van der Waals surface area contributed by atoms with E-state index >= 15 is 0 Å². The Labute approximate surface area is 646 Å². The quantitative estimate of drug-likeness (QED) is 0.102. The lowest BCUT2D eigenvalue weighted by atomic mass is 9.79. The van der Waals surface area contributed by atoms with Gasteiger partial charge >= 0.3 is 7.12 Å². The minimum Gasteiger partial charge on any atom is -0.399 e. The molecule has 0 spiro atoms. The Balaban J connectivity index is 0.000000151. The molecule has 0 amide bonds. The molecule has 14 nitrogen and oxygen atoms in total. The minimum atomic E-state index is -0.364. The van der Waals surface area contributed by atoms with E-state index < -0.39 is 0 Å². The third-order valence-corrected chi connectivity index (χ3v) is 20.2. The maximum atomic E-state index is 6.19. The monoisotopic (exact) mass is 1440 g/mol. The summed E-state index contributed by atoms with van der Waals surface area (Å²) < 4.78 is 19.0. The van der Waals surface area contributed by atoms with Gasteiger partial charge in [0.2, 0.25) is 0 Å². The van der Waals surface area contributed by atoms with Crippen LogP contribution in [0.3, 0.4) is 0 Å². The van der Waals surface area contributed by atoms with Crippen molar-refractivity contribution >= 4 is 45.7 Å². The van der Waals surface area contributed by atoms with E-state index in [0.29, 0.717) is 17.5 Å². The molecule has 0 atom stereocenters. The maximum Gasteiger partial charge on any atom is 0.494 e. The molecule has 538 valence electrons. The van der Waals surface area contributed by atoms with Crippen LogP contribution < -0.4 is 5.46 Å². The molecule has 0 bridgehead atoms. The molecule has 1 fully saturated rings. The molecule has 1 aliphatic heterocycles. The minimum absolute atomic E-state index is 0. The van der Waals surface area contributed by atoms with Crippen LogP contribution in [-0.4, -0.2) is 76.9 Å². The predicted molar refractivity (Wildman–Crippen MR) is 451 cm³/mol. The van der Waals surface area contributed by atoms with Crippen molar-refractivity contribution in [3.8, 4) is 119 Å². The lowest BCUT2D eigenvalue weighted by Gasteiger charge is -2.32. The lowest BCUT2D eigenvalue weighted by molar-refractivity contribution is 0.00578. The molecule has 1 aliphatic rings. The first-order valence-corrected chi connectivity index (χ1v) is 36.8. The Hall–Kier alpha value is -13.7. The fraction of sp³-hybridized carbons (Fsp3) is 0.0938. The van der Waals surface area contributed by atoms with Crippen LogP contribution in [0.4, 0.5) is 0 Å². The molecule has 0 radical (unpaired) electrons. The Bertz CT molecular complexity index is 6040. The number of benzene rings is 13. The van der Waals surface area contributed by atoms with Gasteiger partial charge in [-0.2, -0.15) is 0 Å². The third-order valence-electron chi connectivity index (χ3n) is 20.2. The van der Waals surface area contributed by atoms with Gasteiger partial charge in [-0.1, -0.05) is 280 Å². The SMILES string of the molecule is C.CC1(C)OB(c2ccc(-c3nc4ccccc4n3-c3ccccc3)cc2)OC1(C)C.Cc1nc(C)nc(-c2ccc(-c3ccccc3)cc2)n1.c1ccc(-c2ccc(-c3nc(-c4ccc(-c5nc6ccccc6n5-c5ccccc5)cc4)nc(-c4ccc(-c5nc6ccccc6n5-c5ccccc5)cc4)n3)cc2)cc1. The number of hydrogen-bond acceptors (Lipinski definition) is 11. The number of aryl methyl sites for hydroxylation is 2. The molecule has 13 aromatic carbocycles. The Morgan fingerprint density at radius 3 is 0.775 bits per heavy atom. The average molecular weight is 1440 g/mol. The molecule has 15 heteroatoms. The number of rotatable bonds is 13. The Morgan fingerprint density at radius 2 is 0.468 bits per heavy atom. The first-order chi connectivity index (χ1) is 53.8. The van der Waals surface area contributed by atoms with Gasteiger partial charge in [-0.15, -0.1) is 0 Å². The van der Waals surface area contributed by atoms with E-state index in [1.165, 1.54) is 11.1 Å². The normalized spacial score (nSPS) is 12.8. The van der Waals surface area contributed by atoms with Crippen molar-refractivity contribution in [1.82, 2.24) is 58.6 Å². The van der Waals surface area contributed by atoms with Gasteiger partial charge in [-0.05, 0) is 142 Å². The second kappa shape index (κ2) is 30.9. The van der Waals surface area contributed by atoms with Crippen LogP contribution in [-0.2, 0) is 9.31 Å². The second-order valence-electron chi connectivity index (χ2n) is 28.1. The van der Waals surface area contributed by atoms with Crippen LogP contribution in [0.5, 0.6) is 0 Å². The zero-order chi connectivity index (χ0) is 74.7. The van der Waals surface area contributed by atoms with Crippen molar-refractivity contribution in [2.24, 2.45) is 0 Å². The molecule has 0 saturated carbocycles. The molecule has 1 saturated heterocycles. The molecule has 0 N–H and O–H groups in total. The molecule has 6 heterocycles. The highest BCUT2D eigenvalue weighted by molar-refractivity contribution is 6.62. The van der Waals surface area contributed by atoms with Gasteiger partial charge < -0.3 is 9.31 Å². The van der Waals surface area contributed by atoms with E-state index in [9.17, 15) is 0 Å². The topological polar surface area (TPSA) is 149 Å². The number of para-hydroxylation sites is 9. The number of fused-ring (bicyclic) bond motifs is 3. The fourth-order valence-corrected chi connectivity index (χ4v) is 13.9. The highest BCUT2D eigenvalue weighted by atomic mass is 16.7. The molecule has 19 rings (SSSR count). The average Bonchev–Trinajstić information content (AvgIpc) is 1.65. The summed E-state index contributed by atoms with van der Waals surface area (Å²) in [4.78, 5) is 43.3. The number of imidazole rings is 3. The van der Waals surface area contributed by atoms with Gasteiger partial charge in [0.15, 0.2) is 23.3 Å². The Morgan fingerprint density at radius 1 is 0.234 bits per heavy atom. The standard InChI is InChI=1S/C53H35N7.C25H25BN2O2.C17H15N3.CH4/c1-4-14-36(15-5-1)37-24-26-38(27-25-37)49-56-50(39-28-32-41(33-29-39)52-54-45-20-10-12-22-47(45)59(52)43-16-6-2-7-17-43)58-51(57-49)40-30-34-42(35-31-40)53-55-46-21-11-13-23-48(46)60(53)44-18-8-3-9-19-44;1-24(2)25(3,4)30-26(29-24)19-16-14-18(15-17-19)23-27-21-12-8-9-13-22(21)28(23)20-10-6-5-7-11-20;1-12-18-13(2)20-17(19-12)16-10-8-15(9-11-16)14-6-4-3-5-7-14;/h1-35H;5-17H,1-4H3;3-11H,1-2H3;1H4. The van der Waals surface area contributed by atoms with E-state index in [1.54, 1.807) is 0 Å². The molecule has 0 aliphatic carbocycles. The molecule has 0 unspecified atom stereocenters. The summed E-state index contributed by atoms with van der Waals surface area (Å²) in [7, 11) is -0.364. The third kappa shape index (κ3) is 14.8. The molecular formula is C96H79BN12O2. The van der Waals surface area contributed by atoms with Gasteiger partial charge in [0.05, 0.1) is 44.3 Å². The number of aromatic nitrogens is 12. The molecule has 18 aromatic rings. The first kappa shape index (κ1) is 71.5.